The van der Waals surface area contributed by atoms with Gasteiger partial charge in [0.05, 0.1) is 6.61 Å². The molecule has 2 aromatic carbocycles. The molecule has 0 aromatic heterocycles. The van der Waals surface area contributed by atoms with Crippen molar-refractivity contribution in [3.63, 3.8) is 0 Å². The van der Waals surface area contributed by atoms with Gasteiger partial charge in [-0.2, -0.15) is 0 Å². The Bertz CT molecular complexity index is 999. The largest absolute Gasteiger partial charge is 0.340 e. The van der Waals surface area contributed by atoms with E-state index >= 15 is 0 Å². The van der Waals surface area contributed by atoms with E-state index < -0.39 is 7.67 Å². The number of benzene rings is 2. The summed E-state index contributed by atoms with van der Waals surface area (Å²) in [4.78, 5) is 0. The molecular formula is C26H37N2O2P. The quantitative estimate of drug-likeness (QED) is 0.373. The molecule has 3 rings (SSSR count). The molecule has 2 N–H and O–H groups in total. The lowest BCUT2D eigenvalue weighted by atomic mass is 9.63. The van der Waals surface area contributed by atoms with Crippen LogP contribution in [0.15, 0.2) is 42.5 Å². The van der Waals surface area contributed by atoms with Gasteiger partial charge in [0.1, 0.15) is 0 Å². The highest BCUT2D eigenvalue weighted by atomic mass is 31.2. The molecule has 0 unspecified atom stereocenters. The maximum absolute atomic E-state index is 12.2. The van der Waals surface area contributed by atoms with Crippen molar-refractivity contribution in [2.24, 2.45) is 0 Å². The van der Waals surface area contributed by atoms with Gasteiger partial charge in [0.25, 0.3) is 0 Å². The molecule has 0 bridgehead atoms. The van der Waals surface area contributed by atoms with Crippen molar-refractivity contribution >= 4 is 19.3 Å². The Hall–Kier alpha value is -1.71. The summed E-state index contributed by atoms with van der Waals surface area (Å²) in [6, 6.07) is 15.2. The Morgan fingerprint density at radius 3 is 2.13 bits per heavy atom. The van der Waals surface area contributed by atoms with Crippen LogP contribution in [0, 0.1) is 0 Å². The molecule has 0 aliphatic heterocycles. The molecule has 0 fully saturated rings. The fourth-order valence-electron chi connectivity index (χ4n) is 4.28. The number of rotatable bonds is 7. The van der Waals surface area contributed by atoms with Gasteiger partial charge in [-0.3, -0.25) is 4.57 Å². The SMILES string of the molecule is CNP(=O)(NC)OCc1ccc(/C=C(\C)c2ccc3c(c2)C(C)(C)CCC3(C)C)cc1. The molecule has 0 saturated heterocycles. The molecule has 0 radical (unpaired) electrons. The number of nitrogens with one attached hydrogen (secondary N) is 2. The second-order valence-electron chi connectivity index (χ2n) is 9.87. The number of hydrogen-bond acceptors (Lipinski definition) is 2. The summed E-state index contributed by atoms with van der Waals surface area (Å²) in [5.41, 5.74) is 8.08. The summed E-state index contributed by atoms with van der Waals surface area (Å²) < 4.78 is 17.7. The minimum Gasteiger partial charge on any atom is -0.301 e. The molecule has 168 valence electrons. The van der Waals surface area contributed by atoms with Crippen molar-refractivity contribution < 1.29 is 9.09 Å². The van der Waals surface area contributed by atoms with Crippen molar-refractivity contribution in [3.05, 3.63) is 70.3 Å². The van der Waals surface area contributed by atoms with Crippen LogP contribution in [-0.2, 0) is 26.5 Å². The molecule has 1 aliphatic rings. The van der Waals surface area contributed by atoms with Crippen LogP contribution >= 0.6 is 7.67 Å². The molecule has 0 saturated carbocycles. The van der Waals surface area contributed by atoms with E-state index in [4.69, 9.17) is 4.52 Å². The fraction of sp³-hybridized carbons (Fsp3) is 0.462. The summed E-state index contributed by atoms with van der Waals surface area (Å²) in [6.07, 6.45) is 4.67. The third kappa shape index (κ3) is 5.38. The third-order valence-electron chi connectivity index (χ3n) is 6.67. The van der Waals surface area contributed by atoms with Gasteiger partial charge >= 0.3 is 7.67 Å². The molecule has 2 aromatic rings. The minimum absolute atomic E-state index is 0.211. The first-order valence-corrected chi connectivity index (χ1v) is 12.7. The highest BCUT2D eigenvalue weighted by molar-refractivity contribution is 7.54. The molecule has 0 atom stereocenters. The standard InChI is InChI=1S/C26H37N2O2P/c1-19(16-20-8-10-21(11-9-20)18-30-31(29,27-6)28-7)22-12-13-23-24(17-22)26(4,5)15-14-25(23,2)3/h8-13,16-17H,14-15,18H2,1-7H3,(H2,27,28,29)/b19-16+. The van der Waals surface area contributed by atoms with Crippen molar-refractivity contribution in [2.45, 2.75) is 64.9 Å². The molecule has 1 aliphatic carbocycles. The molecule has 5 heteroatoms. The Balaban J connectivity index is 1.80. The van der Waals surface area contributed by atoms with Gasteiger partial charge in [0.2, 0.25) is 0 Å². The van der Waals surface area contributed by atoms with Crippen LogP contribution < -0.4 is 10.2 Å². The second kappa shape index (κ2) is 9.03. The van der Waals surface area contributed by atoms with Crippen molar-refractivity contribution in [1.29, 1.82) is 0 Å². The van der Waals surface area contributed by atoms with Crippen molar-refractivity contribution in [3.8, 4) is 0 Å². The monoisotopic (exact) mass is 440 g/mol. The van der Waals surface area contributed by atoms with Gasteiger partial charge < -0.3 is 4.52 Å². The lowest BCUT2D eigenvalue weighted by Gasteiger charge is -2.42. The van der Waals surface area contributed by atoms with Gasteiger partial charge in [-0.15, -0.1) is 0 Å². The zero-order valence-corrected chi connectivity index (χ0v) is 20.9. The maximum atomic E-state index is 12.2. The summed E-state index contributed by atoms with van der Waals surface area (Å²) in [5, 5.41) is 5.40. The van der Waals surface area contributed by atoms with Crippen LogP contribution in [-0.4, -0.2) is 14.1 Å². The number of hydrogen-bond donors (Lipinski definition) is 2. The molecular weight excluding hydrogens is 403 g/mol. The first-order valence-electron chi connectivity index (χ1n) is 11.0. The van der Waals surface area contributed by atoms with Crippen LogP contribution in [0.25, 0.3) is 11.6 Å². The Morgan fingerprint density at radius 1 is 0.968 bits per heavy atom. The predicted molar refractivity (Wildman–Crippen MR) is 132 cm³/mol. The van der Waals surface area contributed by atoms with Gasteiger partial charge in [-0.05, 0) is 78.1 Å². The van der Waals surface area contributed by atoms with E-state index in [1.165, 1.54) is 35.1 Å². The third-order valence-corrected chi connectivity index (χ3v) is 8.34. The molecule has 0 amide bonds. The van der Waals surface area contributed by atoms with E-state index in [0.29, 0.717) is 0 Å². The summed E-state index contributed by atoms with van der Waals surface area (Å²) in [6.45, 7) is 11.9. The lowest BCUT2D eigenvalue weighted by Crippen LogP contribution is -2.33. The highest BCUT2D eigenvalue weighted by Gasteiger charge is 2.36. The van der Waals surface area contributed by atoms with Gasteiger partial charge in [-0.1, -0.05) is 76.2 Å². The lowest BCUT2D eigenvalue weighted by molar-refractivity contribution is 0.291. The van der Waals surface area contributed by atoms with Crippen LogP contribution in [0.3, 0.4) is 0 Å². The van der Waals surface area contributed by atoms with Crippen molar-refractivity contribution in [1.82, 2.24) is 10.2 Å². The van der Waals surface area contributed by atoms with E-state index in [1.807, 2.05) is 12.1 Å². The van der Waals surface area contributed by atoms with E-state index in [-0.39, 0.29) is 17.4 Å². The van der Waals surface area contributed by atoms with Crippen LogP contribution in [0.2, 0.25) is 0 Å². The maximum Gasteiger partial charge on any atom is 0.340 e. The van der Waals surface area contributed by atoms with E-state index in [0.717, 1.165) is 11.1 Å². The van der Waals surface area contributed by atoms with Gasteiger partial charge in [0.15, 0.2) is 0 Å². The average molecular weight is 441 g/mol. The summed E-state index contributed by atoms with van der Waals surface area (Å²) in [7, 11) is 0.280. The number of fused-ring (bicyclic) bond motifs is 1. The Kier molecular flexibility index (Phi) is 6.98. The molecule has 31 heavy (non-hydrogen) atoms. The van der Waals surface area contributed by atoms with Crippen LogP contribution in [0.4, 0.5) is 0 Å². The van der Waals surface area contributed by atoms with Gasteiger partial charge in [0, 0.05) is 0 Å². The zero-order valence-electron chi connectivity index (χ0n) is 20.0. The normalized spacial score (nSPS) is 18.0. The van der Waals surface area contributed by atoms with Gasteiger partial charge in [-0.25, -0.2) is 10.2 Å². The van der Waals surface area contributed by atoms with E-state index in [9.17, 15) is 4.57 Å². The minimum atomic E-state index is -2.96. The number of allylic oxidation sites excluding steroid dienone is 1. The smallest absolute Gasteiger partial charge is 0.301 e. The summed E-state index contributed by atoms with van der Waals surface area (Å²) in [5.74, 6) is 0. The summed E-state index contributed by atoms with van der Waals surface area (Å²) >= 11 is 0. The Morgan fingerprint density at radius 2 is 1.55 bits per heavy atom. The van der Waals surface area contributed by atoms with E-state index in [2.05, 4.69) is 81.2 Å². The second-order valence-corrected chi connectivity index (χ2v) is 12.1. The molecule has 4 nitrogen and oxygen atoms in total. The Labute approximate surface area is 188 Å². The fourth-order valence-corrected chi connectivity index (χ4v) is 5.10. The predicted octanol–water partition coefficient (Wildman–Crippen LogP) is 6.66. The van der Waals surface area contributed by atoms with Crippen LogP contribution in [0.1, 0.15) is 75.3 Å². The molecule has 0 heterocycles. The van der Waals surface area contributed by atoms with E-state index in [1.54, 1.807) is 14.1 Å². The first-order chi connectivity index (χ1) is 14.5. The molecule has 0 spiro atoms. The topological polar surface area (TPSA) is 50.4 Å². The van der Waals surface area contributed by atoms with Crippen LogP contribution in [0.5, 0.6) is 0 Å². The highest BCUT2D eigenvalue weighted by Crippen LogP contribution is 2.46. The average Bonchev–Trinajstić information content (AvgIpc) is 2.76. The zero-order chi connectivity index (χ0) is 22.9. The first kappa shape index (κ1) is 23.9. The van der Waals surface area contributed by atoms with Crippen molar-refractivity contribution in [2.75, 3.05) is 14.1 Å².